The lowest BCUT2D eigenvalue weighted by Gasteiger charge is -1.93. The van der Waals surface area contributed by atoms with Gasteiger partial charge in [-0.3, -0.25) is 0 Å². The normalized spacial score (nSPS) is 11.0. The molecule has 0 radical (unpaired) electrons. The Morgan fingerprint density at radius 3 is 2.92 bits per heavy atom. The first-order valence-corrected chi connectivity index (χ1v) is 4.73. The van der Waals surface area contributed by atoms with Crippen LogP contribution in [0.4, 0.5) is 0 Å². The Labute approximate surface area is 85.5 Å². The van der Waals surface area contributed by atoms with Gasteiger partial charge in [0.1, 0.15) is 5.52 Å². The molecule has 2 nitrogen and oxygen atoms in total. The van der Waals surface area contributed by atoms with Crippen LogP contribution in [-0.4, -0.2) is 4.98 Å². The van der Waals surface area contributed by atoms with Crippen LogP contribution < -0.4 is 0 Å². The van der Waals surface area contributed by atoms with Gasteiger partial charge in [-0.05, 0) is 24.6 Å². The highest BCUT2D eigenvalue weighted by Gasteiger charge is 2.07. The third-order valence-electron chi connectivity index (χ3n) is 1.80. The first-order chi connectivity index (χ1) is 6.20. The predicted molar refractivity (Wildman–Crippen MR) is 53.3 cm³/mol. The van der Waals surface area contributed by atoms with Gasteiger partial charge in [0.2, 0.25) is 5.89 Å². The van der Waals surface area contributed by atoms with Crippen molar-refractivity contribution in [1.82, 2.24) is 4.98 Å². The van der Waals surface area contributed by atoms with E-state index in [9.17, 15) is 0 Å². The Kier molecular flexibility index (Phi) is 2.18. The van der Waals surface area contributed by atoms with Crippen LogP contribution in [0.15, 0.2) is 16.5 Å². The fourth-order valence-electron chi connectivity index (χ4n) is 1.26. The van der Waals surface area contributed by atoms with Crippen molar-refractivity contribution < 1.29 is 4.42 Å². The monoisotopic (exact) mass is 215 g/mol. The van der Waals surface area contributed by atoms with Gasteiger partial charge >= 0.3 is 0 Å². The number of oxazole rings is 1. The summed E-state index contributed by atoms with van der Waals surface area (Å²) in [5, 5.41) is 0.666. The van der Waals surface area contributed by atoms with E-state index in [0.29, 0.717) is 10.9 Å². The molecule has 68 valence electrons. The third kappa shape index (κ3) is 1.52. The molecule has 4 heteroatoms. The number of alkyl halides is 1. The van der Waals surface area contributed by atoms with E-state index in [1.54, 1.807) is 6.07 Å². The highest BCUT2D eigenvalue weighted by atomic mass is 35.5. The van der Waals surface area contributed by atoms with E-state index >= 15 is 0 Å². The molecule has 0 amide bonds. The number of nitrogens with zero attached hydrogens (tertiary/aromatic N) is 1. The van der Waals surface area contributed by atoms with Crippen LogP contribution in [0, 0.1) is 6.92 Å². The Balaban J connectivity index is 2.75. The molecule has 0 aliphatic heterocycles. The van der Waals surface area contributed by atoms with Crippen LogP contribution in [0.25, 0.3) is 11.1 Å². The Morgan fingerprint density at radius 2 is 2.23 bits per heavy atom. The lowest BCUT2D eigenvalue weighted by Crippen LogP contribution is -1.75. The highest BCUT2D eigenvalue weighted by Crippen LogP contribution is 2.24. The molecule has 0 spiro atoms. The standard InChI is InChI=1S/C9H7Cl2NO/c1-5-2-6(11)3-7-9(5)13-8(4-10)12-7/h2-3H,4H2,1H3. The summed E-state index contributed by atoms with van der Waals surface area (Å²) in [6.07, 6.45) is 0. The Hall–Kier alpha value is -0.730. The van der Waals surface area contributed by atoms with Crippen molar-refractivity contribution in [3.8, 4) is 0 Å². The van der Waals surface area contributed by atoms with Crippen molar-refractivity contribution in [2.45, 2.75) is 12.8 Å². The second-order valence-corrected chi connectivity index (χ2v) is 3.52. The van der Waals surface area contributed by atoms with Crippen LogP contribution in [0.1, 0.15) is 11.5 Å². The van der Waals surface area contributed by atoms with E-state index < -0.39 is 0 Å². The summed E-state index contributed by atoms with van der Waals surface area (Å²) in [4.78, 5) is 4.17. The van der Waals surface area contributed by atoms with Crippen molar-refractivity contribution in [1.29, 1.82) is 0 Å². The molecular formula is C9H7Cl2NO. The molecule has 1 heterocycles. The van der Waals surface area contributed by atoms with E-state index in [0.717, 1.165) is 16.7 Å². The average molecular weight is 216 g/mol. The predicted octanol–water partition coefficient (Wildman–Crippen LogP) is 3.53. The van der Waals surface area contributed by atoms with Gasteiger partial charge in [0.25, 0.3) is 0 Å². The van der Waals surface area contributed by atoms with E-state index in [4.69, 9.17) is 27.6 Å². The third-order valence-corrected chi connectivity index (χ3v) is 2.25. The smallest absolute Gasteiger partial charge is 0.210 e. The van der Waals surface area contributed by atoms with Gasteiger partial charge in [-0.2, -0.15) is 0 Å². The lowest BCUT2D eigenvalue weighted by atomic mass is 10.2. The fraction of sp³-hybridized carbons (Fsp3) is 0.222. The zero-order valence-corrected chi connectivity index (χ0v) is 8.49. The molecule has 2 rings (SSSR count). The zero-order chi connectivity index (χ0) is 9.42. The van der Waals surface area contributed by atoms with Crippen LogP contribution in [0.2, 0.25) is 5.02 Å². The molecule has 0 unspecified atom stereocenters. The quantitative estimate of drug-likeness (QED) is 0.681. The fourth-order valence-corrected chi connectivity index (χ4v) is 1.64. The first kappa shape index (κ1) is 8.85. The largest absolute Gasteiger partial charge is 0.439 e. The van der Waals surface area contributed by atoms with Crippen molar-refractivity contribution >= 4 is 34.3 Å². The molecule has 0 aliphatic rings. The minimum Gasteiger partial charge on any atom is -0.439 e. The molecule has 0 atom stereocenters. The van der Waals surface area contributed by atoms with E-state index in [-0.39, 0.29) is 5.88 Å². The van der Waals surface area contributed by atoms with E-state index in [2.05, 4.69) is 4.98 Å². The van der Waals surface area contributed by atoms with E-state index in [1.807, 2.05) is 13.0 Å². The average Bonchev–Trinajstić information content (AvgIpc) is 2.47. The van der Waals surface area contributed by atoms with Crippen molar-refractivity contribution in [3.05, 3.63) is 28.6 Å². The van der Waals surface area contributed by atoms with Crippen LogP contribution in [0.5, 0.6) is 0 Å². The number of halogens is 2. The second kappa shape index (κ2) is 3.20. The molecule has 0 saturated carbocycles. The van der Waals surface area contributed by atoms with Gasteiger partial charge in [-0.1, -0.05) is 11.6 Å². The molecule has 13 heavy (non-hydrogen) atoms. The second-order valence-electron chi connectivity index (χ2n) is 2.81. The molecule has 0 fully saturated rings. The molecule has 1 aromatic heterocycles. The van der Waals surface area contributed by atoms with Gasteiger partial charge in [-0.25, -0.2) is 4.98 Å². The lowest BCUT2D eigenvalue weighted by molar-refractivity contribution is 0.553. The Morgan fingerprint density at radius 1 is 1.46 bits per heavy atom. The molecule has 2 aromatic rings. The minimum atomic E-state index is 0.283. The molecule has 0 bridgehead atoms. The van der Waals surface area contributed by atoms with Gasteiger partial charge < -0.3 is 4.42 Å². The molecule has 0 N–H and O–H groups in total. The summed E-state index contributed by atoms with van der Waals surface area (Å²) >= 11 is 11.5. The maximum Gasteiger partial charge on any atom is 0.210 e. The molecule has 0 aliphatic carbocycles. The molecular weight excluding hydrogens is 209 g/mol. The number of hydrogen-bond donors (Lipinski definition) is 0. The zero-order valence-electron chi connectivity index (χ0n) is 6.97. The van der Waals surface area contributed by atoms with Crippen molar-refractivity contribution in [3.63, 3.8) is 0 Å². The maximum absolute atomic E-state index is 5.86. The van der Waals surface area contributed by atoms with Gasteiger partial charge in [0.15, 0.2) is 5.58 Å². The molecule has 0 saturated heterocycles. The van der Waals surface area contributed by atoms with Crippen LogP contribution in [0.3, 0.4) is 0 Å². The highest BCUT2D eigenvalue weighted by molar-refractivity contribution is 6.31. The summed E-state index contributed by atoms with van der Waals surface area (Å²) in [6.45, 7) is 1.93. The molecule has 1 aromatic carbocycles. The topological polar surface area (TPSA) is 26.0 Å². The summed E-state index contributed by atoms with van der Waals surface area (Å²) in [6, 6.07) is 3.61. The summed E-state index contributed by atoms with van der Waals surface area (Å²) in [5.41, 5.74) is 2.51. The number of fused-ring (bicyclic) bond motifs is 1. The van der Waals surface area contributed by atoms with Crippen molar-refractivity contribution in [2.75, 3.05) is 0 Å². The minimum absolute atomic E-state index is 0.283. The number of hydrogen-bond acceptors (Lipinski definition) is 2. The first-order valence-electron chi connectivity index (χ1n) is 3.82. The van der Waals surface area contributed by atoms with Crippen molar-refractivity contribution in [2.24, 2.45) is 0 Å². The maximum atomic E-state index is 5.86. The summed E-state index contributed by atoms with van der Waals surface area (Å²) < 4.78 is 5.40. The van der Waals surface area contributed by atoms with E-state index in [1.165, 1.54) is 0 Å². The SMILES string of the molecule is Cc1cc(Cl)cc2nc(CCl)oc12. The number of rotatable bonds is 1. The van der Waals surface area contributed by atoms with Gasteiger partial charge in [0, 0.05) is 5.02 Å². The van der Waals surface area contributed by atoms with Gasteiger partial charge in [-0.15, -0.1) is 11.6 Å². The number of aromatic nitrogens is 1. The van der Waals surface area contributed by atoms with Crippen LogP contribution in [-0.2, 0) is 5.88 Å². The number of aryl methyl sites for hydroxylation is 1. The van der Waals surface area contributed by atoms with Gasteiger partial charge in [0.05, 0.1) is 5.88 Å². The summed E-state index contributed by atoms with van der Waals surface area (Å²) in [7, 11) is 0. The van der Waals surface area contributed by atoms with Crippen LogP contribution >= 0.6 is 23.2 Å². The Bertz CT molecular complexity index is 450. The number of benzene rings is 1. The summed E-state index contributed by atoms with van der Waals surface area (Å²) in [5.74, 6) is 0.813.